The Labute approximate surface area is 124 Å². The van der Waals surface area contributed by atoms with E-state index >= 15 is 0 Å². The molecule has 0 amide bonds. The monoisotopic (exact) mass is 300 g/mol. The van der Waals surface area contributed by atoms with Crippen molar-refractivity contribution in [3.8, 4) is 0 Å². The first-order valence-electron chi connectivity index (χ1n) is 6.20. The molecule has 1 aromatic carbocycles. The van der Waals surface area contributed by atoms with Crippen LogP contribution in [-0.2, 0) is 5.88 Å². The van der Waals surface area contributed by atoms with E-state index in [9.17, 15) is 4.79 Å². The number of nitrogens with two attached hydrogens (primary N) is 1. The molecule has 0 fully saturated rings. The van der Waals surface area contributed by atoms with Crippen molar-refractivity contribution in [2.75, 3.05) is 5.73 Å². The summed E-state index contributed by atoms with van der Waals surface area (Å²) in [4.78, 5) is 20.6. The van der Waals surface area contributed by atoms with E-state index in [1.165, 1.54) is 16.4 Å². The average molecular weight is 300 g/mol. The summed E-state index contributed by atoms with van der Waals surface area (Å²) < 4.78 is 1.29. The Kier molecular flexibility index (Phi) is 3.53. The second kappa shape index (κ2) is 5.49. The van der Waals surface area contributed by atoms with Crippen LogP contribution in [0, 0.1) is 6.92 Å². The van der Waals surface area contributed by atoms with Gasteiger partial charge in [0.15, 0.2) is 5.16 Å². The van der Waals surface area contributed by atoms with Crippen LogP contribution in [-0.4, -0.2) is 25.0 Å². The number of benzene rings is 1. The van der Waals surface area contributed by atoms with E-state index in [0.717, 1.165) is 5.69 Å². The largest absolute Gasteiger partial charge is 0.384 e. The molecule has 8 heteroatoms. The van der Waals surface area contributed by atoms with Crippen LogP contribution in [0.4, 0.5) is 5.82 Å². The van der Waals surface area contributed by atoms with Crippen LogP contribution in [0.3, 0.4) is 0 Å². The first kappa shape index (κ1) is 13.5. The number of nitrogen functional groups attached to an aromatic ring is 1. The third-order valence-electron chi connectivity index (χ3n) is 2.80. The van der Waals surface area contributed by atoms with Crippen LogP contribution in [0.25, 0.3) is 10.9 Å². The van der Waals surface area contributed by atoms with Crippen LogP contribution in [0.15, 0.2) is 40.3 Å². The SMILES string of the molecule is Cc1cc(N)nc(SCn2nnc3ccccc3c2=O)n1. The lowest BCUT2D eigenvalue weighted by Crippen LogP contribution is -2.23. The number of rotatable bonds is 3. The summed E-state index contributed by atoms with van der Waals surface area (Å²) >= 11 is 1.28. The van der Waals surface area contributed by atoms with Crippen molar-refractivity contribution in [3.05, 3.63) is 46.4 Å². The minimum atomic E-state index is -0.186. The van der Waals surface area contributed by atoms with Gasteiger partial charge in [-0.05, 0) is 19.1 Å². The number of nitrogens with zero attached hydrogens (tertiary/aromatic N) is 5. The van der Waals surface area contributed by atoms with Gasteiger partial charge in [-0.25, -0.2) is 9.97 Å². The molecule has 0 unspecified atom stereocenters. The maximum atomic E-state index is 12.3. The first-order valence-corrected chi connectivity index (χ1v) is 7.18. The molecule has 2 N–H and O–H groups in total. The van der Waals surface area contributed by atoms with Crippen molar-refractivity contribution < 1.29 is 0 Å². The summed E-state index contributed by atoms with van der Waals surface area (Å²) in [7, 11) is 0. The van der Waals surface area contributed by atoms with Gasteiger partial charge in [0.25, 0.3) is 5.56 Å². The molecular formula is C13H12N6OS. The molecule has 2 aromatic heterocycles. The molecule has 21 heavy (non-hydrogen) atoms. The first-order chi connectivity index (χ1) is 10.1. The van der Waals surface area contributed by atoms with E-state index in [-0.39, 0.29) is 11.4 Å². The highest BCUT2D eigenvalue weighted by Crippen LogP contribution is 2.16. The molecule has 106 valence electrons. The molecule has 0 aliphatic heterocycles. The summed E-state index contributed by atoms with van der Waals surface area (Å²) in [6.07, 6.45) is 0. The number of hydrogen-bond donors (Lipinski definition) is 1. The van der Waals surface area contributed by atoms with Crippen LogP contribution in [0.5, 0.6) is 0 Å². The highest BCUT2D eigenvalue weighted by Gasteiger charge is 2.07. The van der Waals surface area contributed by atoms with Gasteiger partial charge < -0.3 is 5.73 Å². The maximum absolute atomic E-state index is 12.3. The van der Waals surface area contributed by atoms with Crippen molar-refractivity contribution in [3.63, 3.8) is 0 Å². The van der Waals surface area contributed by atoms with Gasteiger partial charge in [-0.2, -0.15) is 4.68 Å². The minimum Gasteiger partial charge on any atom is -0.384 e. The number of anilines is 1. The fourth-order valence-electron chi connectivity index (χ4n) is 1.86. The molecule has 3 rings (SSSR count). The lowest BCUT2D eigenvalue weighted by molar-refractivity contribution is 0.643. The summed E-state index contributed by atoms with van der Waals surface area (Å²) in [5.41, 5.74) is 6.85. The second-order valence-corrected chi connectivity index (χ2v) is 5.31. The Bertz CT molecular complexity index is 842. The third kappa shape index (κ3) is 2.84. The number of thioether (sulfide) groups is 1. The van der Waals surface area contributed by atoms with E-state index in [4.69, 9.17) is 5.73 Å². The fourth-order valence-corrected chi connectivity index (χ4v) is 2.64. The number of fused-ring (bicyclic) bond motifs is 1. The quantitative estimate of drug-likeness (QED) is 0.573. The van der Waals surface area contributed by atoms with Crippen molar-refractivity contribution >= 4 is 28.5 Å². The molecule has 0 bridgehead atoms. The molecule has 0 radical (unpaired) electrons. The zero-order valence-electron chi connectivity index (χ0n) is 11.2. The Balaban J connectivity index is 1.88. The summed E-state index contributed by atoms with van der Waals surface area (Å²) in [5.74, 6) is 0.682. The molecular weight excluding hydrogens is 288 g/mol. The van der Waals surface area contributed by atoms with Gasteiger partial charge in [-0.15, -0.1) is 5.10 Å². The minimum absolute atomic E-state index is 0.186. The van der Waals surface area contributed by atoms with Crippen LogP contribution in [0.1, 0.15) is 5.69 Å². The molecule has 7 nitrogen and oxygen atoms in total. The highest BCUT2D eigenvalue weighted by atomic mass is 32.2. The molecule has 0 aliphatic carbocycles. The molecule has 0 atom stereocenters. The molecule has 2 heterocycles. The summed E-state index contributed by atoms with van der Waals surface area (Å²) in [5, 5.41) is 8.98. The van der Waals surface area contributed by atoms with Gasteiger partial charge in [-0.3, -0.25) is 4.79 Å². The standard InChI is InChI=1S/C13H12N6OS/c1-8-6-11(14)16-13(15-8)21-7-19-12(20)9-4-2-3-5-10(9)17-18-19/h2-6H,7H2,1H3,(H2,14,15,16). The van der Waals surface area contributed by atoms with Gasteiger partial charge >= 0.3 is 0 Å². The summed E-state index contributed by atoms with van der Waals surface area (Å²) in [6.45, 7) is 1.84. The Hall–Kier alpha value is -2.48. The fraction of sp³-hybridized carbons (Fsp3) is 0.154. The topological polar surface area (TPSA) is 99.6 Å². The lowest BCUT2D eigenvalue weighted by atomic mass is 10.2. The van der Waals surface area contributed by atoms with E-state index in [1.54, 1.807) is 24.3 Å². The smallest absolute Gasteiger partial charge is 0.278 e. The predicted molar refractivity (Wildman–Crippen MR) is 80.8 cm³/mol. The van der Waals surface area contributed by atoms with Gasteiger partial charge in [0, 0.05) is 11.8 Å². The Morgan fingerprint density at radius 3 is 2.90 bits per heavy atom. The van der Waals surface area contributed by atoms with Crippen molar-refractivity contribution in [1.82, 2.24) is 25.0 Å². The molecule has 0 aliphatic rings. The van der Waals surface area contributed by atoms with Crippen LogP contribution < -0.4 is 11.3 Å². The molecule has 3 aromatic rings. The normalized spacial score (nSPS) is 10.9. The second-order valence-electron chi connectivity index (χ2n) is 4.40. The Morgan fingerprint density at radius 2 is 2.10 bits per heavy atom. The predicted octanol–water partition coefficient (Wildman–Crippen LogP) is 1.22. The third-order valence-corrected chi connectivity index (χ3v) is 3.61. The van der Waals surface area contributed by atoms with E-state index in [0.29, 0.717) is 21.9 Å². The van der Waals surface area contributed by atoms with Crippen LogP contribution >= 0.6 is 11.8 Å². The van der Waals surface area contributed by atoms with Gasteiger partial charge in [-0.1, -0.05) is 29.1 Å². The van der Waals surface area contributed by atoms with E-state index < -0.39 is 0 Å². The van der Waals surface area contributed by atoms with Gasteiger partial charge in [0.05, 0.1) is 11.3 Å². The van der Waals surface area contributed by atoms with Gasteiger partial charge in [0.1, 0.15) is 11.3 Å². The number of hydrogen-bond acceptors (Lipinski definition) is 7. The molecule has 0 spiro atoms. The summed E-state index contributed by atoms with van der Waals surface area (Å²) in [6, 6.07) is 8.79. The molecule has 0 saturated heterocycles. The number of aryl methyl sites for hydroxylation is 1. The Morgan fingerprint density at radius 1 is 1.29 bits per heavy atom. The van der Waals surface area contributed by atoms with Crippen LogP contribution in [0.2, 0.25) is 0 Å². The lowest BCUT2D eigenvalue weighted by Gasteiger charge is -2.05. The van der Waals surface area contributed by atoms with Crippen molar-refractivity contribution in [2.24, 2.45) is 0 Å². The highest BCUT2D eigenvalue weighted by molar-refractivity contribution is 7.98. The van der Waals surface area contributed by atoms with Crippen molar-refractivity contribution in [2.45, 2.75) is 18.0 Å². The molecule has 0 saturated carbocycles. The van der Waals surface area contributed by atoms with E-state index in [2.05, 4.69) is 20.3 Å². The van der Waals surface area contributed by atoms with Gasteiger partial charge in [0.2, 0.25) is 0 Å². The maximum Gasteiger partial charge on any atom is 0.278 e. The average Bonchev–Trinajstić information content (AvgIpc) is 2.46. The number of aromatic nitrogens is 5. The zero-order chi connectivity index (χ0) is 14.8. The van der Waals surface area contributed by atoms with Crippen molar-refractivity contribution in [1.29, 1.82) is 0 Å². The zero-order valence-corrected chi connectivity index (χ0v) is 12.0. The van der Waals surface area contributed by atoms with E-state index in [1.807, 2.05) is 13.0 Å².